The molecule has 0 atom stereocenters. The number of hydrogen-bond donors (Lipinski definition) is 2. The molecular weight excluding hydrogens is 178 g/mol. The number of amides is 1. The number of nitrogens with two attached hydrogens (primary N) is 1. The third-order valence-electron chi connectivity index (χ3n) is 3.89. The van der Waals surface area contributed by atoms with Crippen molar-refractivity contribution in [1.29, 1.82) is 0 Å². The van der Waals surface area contributed by atoms with Crippen LogP contribution in [0, 0.1) is 11.3 Å². The van der Waals surface area contributed by atoms with Crippen LogP contribution in [-0.2, 0) is 4.79 Å². The summed E-state index contributed by atoms with van der Waals surface area (Å²) in [6, 6.07) is 0. The average Bonchev–Trinajstić information content (AvgIpc) is 2.10. The monoisotopic (exact) mass is 199 g/mol. The van der Waals surface area contributed by atoms with E-state index in [1.807, 2.05) is 20.8 Å². The Labute approximate surface area is 85.7 Å². The van der Waals surface area contributed by atoms with Gasteiger partial charge in [-0.25, -0.2) is 0 Å². The molecule has 1 saturated carbocycles. The van der Waals surface area contributed by atoms with Crippen molar-refractivity contribution in [2.75, 3.05) is 0 Å². The highest BCUT2D eigenvalue weighted by molar-refractivity contribution is 5.80. The number of hydrogen-bond acceptors (Lipinski definition) is 2. The van der Waals surface area contributed by atoms with Crippen LogP contribution in [0.5, 0.6) is 0 Å². The van der Waals surface area contributed by atoms with Gasteiger partial charge in [0, 0.05) is 5.41 Å². The fourth-order valence-corrected chi connectivity index (χ4v) is 2.06. The molecule has 1 aliphatic carbocycles. The van der Waals surface area contributed by atoms with Gasteiger partial charge in [-0.3, -0.25) is 4.79 Å². The van der Waals surface area contributed by atoms with Crippen molar-refractivity contribution in [3.8, 4) is 0 Å². The third-order valence-corrected chi connectivity index (χ3v) is 3.89. The molecular formula is C11H21NO2. The molecule has 14 heavy (non-hydrogen) atoms. The molecule has 3 heteroatoms. The predicted octanol–water partition coefficient (Wildman–Crippen LogP) is 1.44. The van der Waals surface area contributed by atoms with Crippen LogP contribution in [-0.4, -0.2) is 16.6 Å². The third kappa shape index (κ3) is 1.92. The maximum Gasteiger partial charge on any atom is 0.223 e. The quantitative estimate of drug-likeness (QED) is 0.706. The van der Waals surface area contributed by atoms with Crippen LogP contribution in [0.15, 0.2) is 0 Å². The lowest BCUT2D eigenvalue weighted by molar-refractivity contribution is -0.133. The zero-order valence-corrected chi connectivity index (χ0v) is 9.34. The highest BCUT2D eigenvalue weighted by atomic mass is 16.3. The summed E-state index contributed by atoms with van der Waals surface area (Å²) in [5.41, 5.74) is 4.36. The molecule has 0 aromatic carbocycles. The van der Waals surface area contributed by atoms with Crippen LogP contribution >= 0.6 is 0 Å². The number of carbonyl (C=O) groups is 1. The Bertz CT molecular complexity index is 227. The first-order chi connectivity index (χ1) is 6.30. The van der Waals surface area contributed by atoms with Gasteiger partial charge in [-0.05, 0) is 31.6 Å². The van der Waals surface area contributed by atoms with E-state index in [1.54, 1.807) is 0 Å². The Kier molecular flexibility index (Phi) is 2.91. The minimum absolute atomic E-state index is 0.233. The van der Waals surface area contributed by atoms with Crippen molar-refractivity contribution in [2.45, 2.75) is 52.1 Å². The molecule has 0 aromatic rings. The Balaban J connectivity index is 2.66. The maximum absolute atomic E-state index is 11.2. The molecule has 3 nitrogen and oxygen atoms in total. The van der Waals surface area contributed by atoms with Crippen LogP contribution < -0.4 is 5.73 Å². The van der Waals surface area contributed by atoms with Gasteiger partial charge in [0.25, 0.3) is 0 Å². The van der Waals surface area contributed by atoms with Gasteiger partial charge >= 0.3 is 0 Å². The number of aliphatic hydroxyl groups is 1. The fourth-order valence-electron chi connectivity index (χ4n) is 2.06. The molecule has 0 bridgehead atoms. The molecule has 0 saturated heterocycles. The molecule has 0 heterocycles. The first-order valence-corrected chi connectivity index (χ1v) is 5.32. The molecule has 0 aliphatic heterocycles. The molecule has 1 aliphatic rings. The van der Waals surface area contributed by atoms with Crippen LogP contribution in [0.25, 0.3) is 0 Å². The van der Waals surface area contributed by atoms with Crippen molar-refractivity contribution in [3.63, 3.8) is 0 Å². The zero-order chi connectivity index (χ0) is 11.0. The Morgan fingerprint density at radius 1 is 1.29 bits per heavy atom. The highest BCUT2D eigenvalue weighted by Crippen LogP contribution is 2.43. The molecule has 1 amide bonds. The van der Waals surface area contributed by atoms with Gasteiger partial charge < -0.3 is 10.8 Å². The second-order valence-corrected chi connectivity index (χ2v) is 5.18. The summed E-state index contributed by atoms with van der Waals surface area (Å²) < 4.78 is 0. The van der Waals surface area contributed by atoms with E-state index in [4.69, 9.17) is 5.73 Å². The molecule has 3 N–H and O–H groups in total. The predicted molar refractivity (Wildman–Crippen MR) is 55.6 cm³/mol. The summed E-state index contributed by atoms with van der Waals surface area (Å²) in [6.45, 7) is 5.94. The number of rotatable bonds is 2. The lowest BCUT2D eigenvalue weighted by atomic mass is 9.66. The Morgan fingerprint density at radius 3 is 2.00 bits per heavy atom. The minimum Gasteiger partial charge on any atom is -0.390 e. The van der Waals surface area contributed by atoms with E-state index >= 15 is 0 Å². The van der Waals surface area contributed by atoms with Crippen molar-refractivity contribution in [3.05, 3.63) is 0 Å². The average molecular weight is 199 g/mol. The van der Waals surface area contributed by atoms with Gasteiger partial charge in [-0.2, -0.15) is 0 Å². The van der Waals surface area contributed by atoms with E-state index in [0.29, 0.717) is 25.7 Å². The SMILES string of the molecule is CC(C)C1(O)CCC(C)(C(N)=O)CC1. The summed E-state index contributed by atoms with van der Waals surface area (Å²) in [4.78, 5) is 11.2. The van der Waals surface area contributed by atoms with E-state index in [2.05, 4.69) is 0 Å². The second kappa shape index (κ2) is 3.54. The number of carbonyl (C=O) groups excluding carboxylic acids is 1. The minimum atomic E-state index is -0.588. The van der Waals surface area contributed by atoms with Gasteiger partial charge in [-0.15, -0.1) is 0 Å². The largest absolute Gasteiger partial charge is 0.390 e. The summed E-state index contributed by atoms with van der Waals surface area (Å²) >= 11 is 0. The molecule has 0 radical (unpaired) electrons. The molecule has 0 aromatic heterocycles. The normalized spacial score (nSPS) is 38.6. The van der Waals surface area contributed by atoms with Crippen LogP contribution in [0.4, 0.5) is 0 Å². The van der Waals surface area contributed by atoms with Crippen molar-refractivity contribution >= 4 is 5.91 Å². The molecule has 0 spiro atoms. The second-order valence-electron chi connectivity index (χ2n) is 5.18. The summed E-state index contributed by atoms with van der Waals surface area (Å²) in [6.07, 6.45) is 2.78. The van der Waals surface area contributed by atoms with E-state index < -0.39 is 11.0 Å². The van der Waals surface area contributed by atoms with Gasteiger partial charge in [-0.1, -0.05) is 20.8 Å². The molecule has 82 valence electrons. The van der Waals surface area contributed by atoms with E-state index in [-0.39, 0.29) is 11.8 Å². The standard InChI is InChI=1S/C11H21NO2/c1-8(2)11(14)6-4-10(3,5-7-11)9(12)13/h8,14H,4-7H2,1-3H3,(H2,12,13). The lowest BCUT2D eigenvalue weighted by Gasteiger charge is -2.42. The van der Waals surface area contributed by atoms with Crippen LogP contribution in [0.1, 0.15) is 46.5 Å². The van der Waals surface area contributed by atoms with Gasteiger partial charge in [0.1, 0.15) is 0 Å². The van der Waals surface area contributed by atoms with Gasteiger partial charge in [0.15, 0.2) is 0 Å². The van der Waals surface area contributed by atoms with Crippen molar-refractivity contribution in [1.82, 2.24) is 0 Å². The Hall–Kier alpha value is -0.570. The first kappa shape index (κ1) is 11.5. The maximum atomic E-state index is 11.2. The molecule has 1 rings (SSSR count). The lowest BCUT2D eigenvalue weighted by Crippen LogP contribution is -2.46. The number of primary amides is 1. The topological polar surface area (TPSA) is 63.3 Å². The van der Waals surface area contributed by atoms with E-state index in [0.717, 1.165) is 0 Å². The summed E-state index contributed by atoms with van der Waals surface area (Å²) in [5.74, 6) is 0.0169. The van der Waals surface area contributed by atoms with Gasteiger partial charge in [0.2, 0.25) is 5.91 Å². The smallest absolute Gasteiger partial charge is 0.223 e. The van der Waals surface area contributed by atoms with Crippen molar-refractivity contribution < 1.29 is 9.90 Å². The van der Waals surface area contributed by atoms with Gasteiger partial charge in [0.05, 0.1) is 5.60 Å². The van der Waals surface area contributed by atoms with Crippen molar-refractivity contribution in [2.24, 2.45) is 17.1 Å². The Morgan fingerprint density at radius 2 is 1.71 bits per heavy atom. The molecule has 1 fully saturated rings. The van der Waals surface area contributed by atoms with E-state index in [9.17, 15) is 9.90 Å². The van der Waals surface area contributed by atoms with E-state index in [1.165, 1.54) is 0 Å². The van der Waals surface area contributed by atoms with Crippen LogP contribution in [0.3, 0.4) is 0 Å². The molecule has 0 unspecified atom stereocenters. The highest BCUT2D eigenvalue weighted by Gasteiger charge is 2.43. The van der Waals surface area contributed by atoms with Crippen LogP contribution in [0.2, 0.25) is 0 Å². The first-order valence-electron chi connectivity index (χ1n) is 5.32. The zero-order valence-electron chi connectivity index (χ0n) is 9.34. The summed E-state index contributed by atoms with van der Waals surface area (Å²) in [7, 11) is 0. The fraction of sp³-hybridized carbons (Fsp3) is 0.909. The summed E-state index contributed by atoms with van der Waals surface area (Å²) in [5, 5.41) is 10.2.